The number of benzene rings is 2. The summed E-state index contributed by atoms with van der Waals surface area (Å²) in [4.78, 5) is 28.8. The fourth-order valence-corrected chi connectivity index (χ4v) is 2.76. The summed E-state index contributed by atoms with van der Waals surface area (Å²) in [5, 5.41) is 2.74. The van der Waals surface area contributed by atoms with Gasteiger partial charge in [-0.3, -0.25) is 9.79 Å². The minimum Gasteiger partial charge on any atom is -0.467 e. The van der Waals surface area contributed by atoms with Crippen LogP contribution < -0.4 is 5.32 Å². The molecule has 1 N–H and O–H groups in total. The Bertz CT molecular complexity index is 729. The van der Waals surface area contributed by atoms with E-state index in [9.17, 15) is 9.59 Å². The maximum absolute atomic E-state index is 12.4. The molecule has 0 fully saturated rings. The summed E-state index contributed by atoms with van der Waals surface area (Å²) in [6.45, 7) is 3.91. The number of rotatable bonds is 8. The molecule has 0 saturated heterocycles. The van der Waals surface area contributed by atoms with E-state index >= 15 is 0 Å². The average molecular weight is 366 g/mol. The Morgan fingerprint density at radius 2 is 1.48 bits per heavy atom. The highest BCUT2D eigenvalue weighted by Crippen LogP contribution is 2.11. The van der Waals surface area contributed by atoms with Crippen LogP contribution in [0.4, 0.5) is 0 Å². The summed E-state index contributed by atoms with van der Waals surface area (Å²) in [5.41, 5.74) is 2.61. The van der Waals surface area contributed by atoms with Crippen LogP contribution in [0.15, 0.2) is 65.7 Å². The highest BCUT2D eigenvalue weighted by atomic mass is 16.5. The SMILES string of the molecule is COC(=O)[C@H](CC(C)C)NC(=O)CN=C(c1ccccc1)c1ccccc1. The van der Waals surface area contributed by atoms with Gasteiger partial charge in [0.2, 0.25) is 5.91 Å². The maximum Gasteiger partial charge on any atom is 0.328 e. The molecule has 0 bridgehead atoms. The lowest BCUT2D eigenvalue weighted by molar-refractivity contribution is -0.145. The monoisotopic (exact) mass is 366 g/mol. The van der Waals surface area contributed by atoms with E-state index in [0.29, 0.717) is 6.42 Å². The van der Waals surface area contributed by atoms with Crippen molar-refractivity contribution >= 4 is 17.6 Å². The largest absolute Gasteiger partial charge is 0.467 e. The Balaban J connectivity index is 2.17. The molecular formula is C22H26N2O3. The number of aliphatic imine (C=N–C) groups is 1. The summed E-state index contributed by atoms with van der Waals surface area (Å²) in [6, 6.07) is 18.8. The van der Waals surface area contributed by atoms with Crippen molar-refractivity contribution in [3.8, 4) is 0 Å². The molecule has 5 nitrogen and oxygen atoms in total. The van der Waals surface area contributed by atoms with Gasteiger partial charge in [-0.2, -0.15) is 0 Å². The highest BCUT2D eigenvalue weighted by Gasteiger charge is 2.22. The molecule has 27 heavy (non-hydrogen) atoms. The van der Waals surface area contributed by atoms with E-state index in [-0.39, 0.29) is 18.4 Å². The average Bonchev–Trinajstić information content (AvgIpc) is 2.68. The molecule has 0 radical (unpaired) electrons. The summed E-state index contributed by atoms with van der Waals surface area (Å²) in [6.07, 6.45) is 0.520. The van der Waals surface area contributed by atoms with Gasteiger partial charge in [0, 0.05) is 11.1 Å². The number of amides is 1. The fraction of sp³-hybridized carbons (Fsp3) is 0.318. The van der Waals surface area contributed by atoms with Crippen molar-refractivity contribution < 1.29 is 14.3 Å². The van der Waals surface area contributed by atoms with Crippen molar-refractivity contribution in [3.05, 3.63) is 71.8 Å². The number of carbonyl (C=O) groups excluding carboxylic acids is 2. The van der Waals surface area contributed by atoms with Crippen molar-refractivity contribution in [2.75, 3.05) is 13.7 Å². The van der Waals surface area contributed by atoms with Crippen LogP contribution in [0.5, 0.6) is 0 Å². The van der Waals surface area contributed by atoms with Crippen LogP contribution in [0.2, 0.25) is 0 Å². The van der Waals surface area contributed by atoms with Crippen LogP contribution in [0, 0.1) is 5.92 Å². The van der Waals surface area contributed by atoms with E-state index < -0.39 is 12.0 Å². The second-order valence-corrected chi connectivity index (χ2v) is 6.67. The third kappa shape index (κ3) is 6.37. The van der Waals surface area contributed by atoms with Crippen LogP contribution in [-0.2, 0) is 14.3 Å². The van der Waals surface area contributed by atoms with Crippen LogP contribution in [0.1, 0.15) is 31.4 Å². The molecule has 5 heteroatoms. The summed E-state index contributed by atoms with van der Waals surface area (Å²) >= 11 is 0. The number of esters is 1. The Kier molecular flexibility index (Phi) is 7.74. The van der Waals surface area contributed by atoms with Gasteiger partial charge in [-0.25, -0.2) is 4.79 Å². The zero-order valence-corrected chi connectivity index (χ0v) is 16.0. The van der Waals surface area contributed by atoms with Gasteiger partial charge in [-0.05, 0) is 12.3 Å². The molecule has 0 saturated carbocycles. The molecule has 142 valence electrons. The van der Waals surface area contributed by atoms with Crippen molar-refractivity contribution in [3.63, 3.8) is 0 Å². The Labute approximate surface area is 160 Å². The normalized spacial score (nSPS) is 11.6. The molecule has 2 rings (SSSR count). The van der Waals surface area contributed by atoms with E-state index in [0.717, 1.165) is 16.8 Å². The summed E-state index contributed by atoms with van der Waals surface area (Å²) < 4.78 is 4.79. The molecule has 2 aromatic rings. The Morgan fingerprint density at radius 3 is 1.93 bits per heavy atom. The molecule has 0 aliphatic rings. The fourth-order valence-electron chi connectivity index (χ4n) is 2.76. The molecule has 0 unspecified atom stereocenters. The third-order valence-corrected chi connectivity index (χ3v) is 4.00. The van der Waals surface area contributed by atoms with Gasteiger partial charge in [0.1, 0.15) is 12.6 Å². The molecular weight excluding hydrogens is 340 g/mol. The minimum absolute atomic E-state index is 0.0648. The molecule has 2 aromatic carbocycles. The first-order valence-corrected chi connectivity index (χ1v) is 9.03. The molecule has 1 atom stereocenters. The number of methoxy groups -OCH3 is 1. The van der Waals surface area contributed by atoms with Gasteiger partial charge in [-0.15, -0.1) is 0 Å². The van der Waals surface area contributed by atoms with Gasteiger partial charge < -0.3 is 10.1 Å². The standard InChI is InChI=1S/C22H26N2O3/c1-16(2)14-19(22(26)27-3)24-20(25)15-23-21(17-10-6-4-7-11-17)18-12-8-5-9-13-18/h4-13,16,19H,14-15H2,1-3H3,(H,24,25)/t19-/m0/s1. The second-order valence-electron chi connectivity index (χ2n) is 6.67. The van der Waals surface area contributed by atoms with E-state index in [2.05, 4.69) is 10.3 Å². The molecule has 0 aromatic heterocycles. The molecule has 1 amide bonds. The molecule has 0 aliphatic carbocycles. The molecule has 0 spiro atoms. The van der Waals surface area contributed by atoms with Gasteiger partial charge in [0.05, 0.1) is 12.8 Å². The maximum atomic E-state index is 12.4. The van der Waals surface area contributed by atoms with Crippen molar-refractivity contribution in [2.24, 2.45) is 10.9 Å². The van der Waals surface area contributed by atoms with Crippen LogP contribution in [0.25, 0.3) is 0 Å². The van der Waals surface area contributed by atoms with Crippen LogP contribution in [0.3, 0.4) is 0 Å². The number of carbonyl (C=O) groups is 2. The van der Waals surface area contributed by atoms with Gasteiger partial charge in [0.25, 0.3) is 0 Å². The smallest absolute Gasteiger partial charge is 0.328 e. The lowest BCUT2D eigenvalue weighted by Gasteiger charge is -2.18. The van der Waals surface area contributed by atoms with Gasteiger partial charge in [0.15, 0.2) is 0 Å². The van der Waals surface area contributed by atoms with Crippen molar-refractivity contribution in [1.82, 2.24) is 5.32 Å². The van der Waals surface area contributed by atoms with E-state index in [1.807, 2.05) is 74.5 Å². The number of hydrogen-bond acceptors (Lipinski definition) is 4. The predicted octanol–water partition coefficient (Wildman–Crippen LogP) is 3.23. The van der Waals surface area contributed by atoms with E-state index in [1.54, 1.807) is 0 Å². The first kappa shape index (κ1) is 20.4. The van der Waals surface area contributed by atoms with Crippen molar-refractivity contribution in [1.29, 1.82) is 0 Å². The highest BCUT2D eigenvalue weighted by molar-refractivity contribution is 6.13. The number of nitrogens with one attached hydrogen (secondary N) is 1. The minimum atomic E-state index is -0.658. The van der Waals surface area contributed by atoms with Crippen molar-refractivity contribution in [2.45, 2.75) is 26.3 Å². The quantitative estimate of drug-likeness (QED) is 0.576. The van der Waals surface area contributed by atoms with Gasteiger partial charge in [-0.1, -0.05) is 74.5 Å². The van der Waals surface area contributed by atoms with Crippen LogP contribution >= 0.6 is 0 Å². The first-order valence-electron chi connectivity index (χ1n) is 9.03. The molecule has 0 heterocycles. The number of hydrogen-bond donors (Lipinski definition) is 1. The zero-order chi connectivity index (χ0) is 19.6. The van der Waals surface area contributed by atoms with E-state index in [4.69, 9.17) is 4.74 Å². The lowest BCUT2D eigenvalue weighted by Crippen LogP contribution is -2.43. The summed E-state index contributed by atoms with van der Waals surface area (Å²) in [7, 11) is 1.32. The Hall–Kier alpha value is -2.95. The number of ether oxygens (including phenoxy) is 1. The summed E-state index contributed by atoms with van der Waals surface area (Å²) in [5.74, 6) is -0.495. The van der Waals surface area contributed by atoms with E-state index in [1.165, 1.54) is 7.11 Å². The zero-order valence-electron chi connectivity index (χ0n) is 16.0. The Morgan fingerprint density at radius 1 is 0.963 bits per heavy atom. The second kappa shape index (κ2) is 10.3. The first-order chi connectivity index (χ1) is 13.0. The topological polar surface area (TPSA) is 67.8 Å². The lowest BCUT2D eigenvalue weighted by atomic mass is 10.0. The third-order valence-electron chi connectivity index (χ3n) is 4.00. The molecule has 0 aliphatic heterocycles. The van der Waals surface area contributed by atoms with Gasteiger partial charge >= 0.3 is 5.97 Å². The predicted molar refractivity (Wildman–Crippen MR) is 107 cm³/mol. The number of nitrogens with zero attached hydrogens (tertiary/aromatic N) is 1. The van der Waals surface area contributed by atoms with Crippen LogP contribution in [-0.4, -0.2) is 37.3 Å².